The Morgan fingerprint density at radius 2 is 2.45 bits per heavy atom. The molecule has 1 aliphatic rings. The molecule has 0 radical (unpaired) electrons. The molecule has 0 aliphatic heterocycles. The molecule has 0 aromatic carbocycles. The second-order valence-corrected chi connectivity index (χ2v) is 5.85. The fraction of sp³-hybridized carbons (Fsp3) is 0.714. The van der Waals surface area contributed by atoms with Crippen LogP contribution >= 0.6 is 11.6 Å². The lowest BCUT2D eigenvalue weighted by Crippen LogP contribution is -2.51. The number of nitrogens with one attached hydrogen (secondary N) is 1. The molecule has 2 unspecified atom stereocenters. The molecule has 0 bridgehead atoms. The zero-order valence-corrected chi connectivity index (χ0v) is 13.0. The molecule has 1 fully saturated rings. The van der Waals surface area contributed by atoms with Crippen LogP contribution in [0.25, 0.3) is 0 Å². The van der Waals surface area contributed by atoms with Gasteiger partial charge in [0.15, 0.2) is 0 Å². The van der Waals surface area contributed by atoms with Gasteiger partial charge in [-0.1, -0.05) is 18.5 Å². The van der Waals surface area contributed by atoms with Crippen LogP contribution in [0.1, 0.15) is 44.3 Å². The Kier molecular flexibility index (Phi) is 4.70. The SMILES string of the molecule is CCCNC1(C(=O)OC)CCC(n2cc(Cl)c(C)n2)C1. The monoisotopic (exact) mass is 299 g/mol. The van der Waals surface area contributed by atoms with Gasteiger partial charge in [0, 0.05) is 6.20 Å². The molecule has 2 rings (SSSR count). The summed E-state index contributed by atoms with van der Waals surface area (Å²) in [5.74, 6) is -0.177. The molecule has 1 aromatic heterocycles. The molecule has 1 N–H and O–H groups in total. The summed E-state index contributed by atoms with van der Waals surface area (Å²) in [4.78, 5) is 12.2. The largest absolute Gasteiger partial charge is 0.468 e. The Hall–Kier alpha value is -1.07. The van der Waals surface area contributed by atoms with Gasteiger partial charge >= 0.3 is 5.97 Å². The maximum atomic E-state index is 12.2. The van der Waals surface area contributed by atoms with Crippen LogP contribution in [0.2, 0.25) is 5.02 Å². The molecule has 2 atom stereocenters. The minimum atomic E-state index is -0.582. The Morgan fingerprint density at radius 3 is 3.00 bits per heavy atom. The molecule has 1 aliphatic carbocycles. The van der Waals surface area contributed by atoms with E-state index in [-0.39, 0.29) is 12.0 Å². The van der Waals surface area contributed by atoms with Crippen molar-refractivity contribution in [3.63, 3.8) is 0 Å². The van der Waals surface area contributed by atoms with Crippen molar-refractivity contribution in [3.05, 3.63) is 16.9 Å². The molecule has 0 saturated heterocycles. The average molecular weight is 300 g/mol. The lowest BCUT2D eigenvalue weighted by Gasteiger charge is -2.27. The number of carbonyl (C=O) groups is 1. The van der Waals surface area contributed by atoms with Crippen LogP contribution in [0.4, 0.5) is 0 Å². The number of aryl methyl sites for hydroxylation is 1. The minimum Gasteiger partial charge on any atom is -0.468 e. The number of nitrogens with zero attached hydrogens (tertiary/aromatic N) is 2. The van der Waals surface area contributed by atoms with Gasteiger partial charge in [0.05, 0.1) is 23.9 Å². The summed E-state index contributed by atoms with van der Waals surface area (Å²) < 4.78 is 6.88. The van der Waals surface area contributed by atoms with Crippen molar-refractivity contribution in [1.82, 2.24) is 15.1 Å². The molecule has 1 heterocycles. The fourth-order valence-corrected chi connectivity index (χ4v) is 3.01. The predicted molar refractivity (Wildman–Crippen MR) is 77.9 cm³/mol. The summed E-state index contributed by atoms with van der Waals surface area (Å²) >= 11 is 6.06. The predicted octanol–water partition coefficient (Wildman–Crippen LogP) is 2.48. The summed E-state index contributed by atoms with van der Waals surface area (Å²) in [5, 5.41) is 8.46. The van der Waals surface area contributed by atoms with E-state index in [0.29, 0.717) is 11.4 Å². The van der Waals surface area contributed by atoms with E-state index >= 15 is 0 Å². The maximum absolute atomic E-state index is 12.2. The van der Waals surface area contributed by atoms with Crippen molar-refractivity contribution in [1.29, 1.82) is 0 Å². The second-order valence-electron chi connectivity index (χ2n) is 5.44. The van der Waals surface area contributed by atoms with Crippen molar-refractivity contribution in [2.75, 3.05) is 13.7 Å². The van der Waals surface area contributed by atoms with Gasteiger partial charge in [-0.3, -0.25) is 9.48 Å². The number of halogens is 1. The van der Waals surface area contributed by atoms with Gasteiger partial charge in [0.2, 0.25) is 0 Å². The minimum absolute atomic E-state index is 0.177. The van der Waals surface area contributed by atoms with E-state index in [1.807, 2.05) is 17.8 Å². The van der Waals surface area contributed by atoms with E-state index in [1.54, 1.807) is 0 Å². The third-order valence-corrected chi connectivity index (χ3v) is 4.38. The van der Waals surface area contributed by atoms with Crippen molar-refractivity contribution in [2.24, 2.45) is 0 Å². The second kappa shape index (κ2) is 6.14. The first-order valence-corrected chi connectivity index (χ1v) is 7.45. The topological polar surface area (TPSA) is 56.1 Å². The van der Waals surface area contributed by atoms with Crippen LogP contribution in [0.3, 0.4) is 0 Å². The van der Waals surface area contributed by atoms with Crippen LogP contribution in [0, 0.1) is 6.92 Å². The van der Waals surface area contributed by atoms with E-state index in [0.717, 1.165) is 31.5 Å². The molecule has 20 heavy (non-hydrogen) atoms. The summed E-state index contributed by atoms with van der Waals surface area (Å²) in [6.45, 7) is 4.78. The molecule has 0 amide bonds. The fourth-order valence-electron chi connectivity index (χ4n) is 2.87. The summed E-state index contributed by atoms with van der Waals surface area (Å²) in [5.41, 5.74) is 0.241. The van der Waals surface area contributed by atoms with E-state index < -0.39 is 5.54 Å². The number of aromatic nitrogens is 2. The van der Waals surface area contributed by atoms with Gasteiger partial charge in [-0.25, -0.2) is 0 Å². The lowest BCUT2D eigenvalue weighted by atomic mass is 9.97. The first kappa shape index (κ1) is 15.3. The van der Waals surface area contributed by atoms with Gasteiger partial charge in [-0.05, 0) is 39.2 Å². The first-order valence-electron chi connectivity index (χ1n) is 7.07. The van der Waals surface area contributed by atoms with Crippen LogP contribution in [0.15, 0.2) is 6.20 Å². The van der Waals surface area contributed by atoms with Crippen LogP contribution in [-0.4, -0.2) is 34.9 Å². The first-order chi connectivity index (χ1) is 9.52. The molecule has 5 nitrogen and oxygen atoms in total. The van der Waals surface area contributed by atoms with Crippen molar-refractivity contribution in [3.8, 4) is 0 Å². The number of rotatable bonds is 5. The normalized spacial score (nSPS) is 25.9. The third-order valence-electron chi connectivity index (χ3n) is 4.01. The summed E-state index contributed by atoms with van der Waals surface area (Å²) in [6.07, 6.45) is 5.17. The molecule has 6 heteroatoms. The van der Waals surface area contributed by atoms with E-state index in [1.165, 1.54) is 7.11 Å². The van der Waals surface area contributed by atoms with Crippen LogP contribution in [0.5, 0.6) is 0 Å². The highest BCUT2D eigenvalue weighted by Crippen LogP contribution is 2.39. The third kappa shape index (κ3) is 2.83. The zero-order valence-electron chi connectivity index (χ0n) is 12.3. The molecular formula is C14H22ClN3O2. The van der Waals surface area contributed by atoms with Gasteiger partial charge in [0.1, 0.15) is 5.54 Å². The van der Waals surface area contributed by atoms with E-state index in [4.69, 9.17) is 16.3 Å². The maximum Gasteiger partial charge on any atom is 0.326 e. The molecular weight excluding hydrogens is 278 g/mol. The number of methoxy groups -OCH3 is 1. The van der Waals surface area contributed by atoms with Crippen LogP contribution < -0.4 is 5.32 Å². The van der Waals surface area contributed by atoms with Crippen LogP contribution in [-0.2, 0) is 9.53 Å². The molecule has 0 spiro atoms. The lowest BCUT2D eigenvalue weighted by molar-refractivity contribution is -0.148. The Labute approximate surface area is 124 Å². The van der Waals surface area contributed by atoms with Crippen molar-refractivity contribution >= 4 is 17.6 Å². The van der Waals surface area contributed by atoms with E-state index in [2.05, 4.69) is 17.3 Å². The van der Waals surface area contributed by atoms with Gasteiger partial charge < -0.3 is 10.1 Å². The molecule has 1 saturated carbocycles. The quantitative estimate of drug-likeness (QED) is 0.849. The van der Waals surface area contributed by atoms with Gasteiger partial charge in [-0.2, -0.15) is 5.10 Å². The van der Waals surface area contributed by atoms with E-state index in [9.17, 15) is 4.79 Å². The molecule has 112 valence electrons. The highest BCUT2D eigenvalue weighted by Gasteiger charge is 2.46. The number of hydrogen-bond acceptors (Lipinski definition) is 4. The summed E-state index contributed by atoms with van der Waals surface area (Å²) in [6, 6.07) is 0.185. The number of ether oxygens (including phenoxy) is 1. The standard InChI is InChI=1S/C14H22ClN3O2/c1-4-7-16-14(13(19)20-3)6-5-11(8-14)18-9-12(15)10(2)17-18/h9,11,16H,4-8H2,1-3H3. The molecule has 1 aromatic rings. The van der Waals surface area contributed by atoms with Crippen molar-refractivity contribution < 1.29 is 9.53 Å². The smallest absolute Gasteiger partial charge is 0.326 e. The van der Waals surface area contributed by atoms with Gasteiger partial charge in [-0.15, -0.1) is 0 Å². The number of hydrogen-bond donors (Lipinski definition) is 1. The van der Waals surface area contributed by atoms with Crippen molar-refractivity contribution in [2.45, 2.75) is 51.1 Å². The number of esters is 1. The highest BCUT2D eigenvalue weighted by molar-refractivity contribution is 6.31. The Balaban J connectivity index is 2.16. The number of carbonyl (C=O) groups excluding carboxylic acids is 1. The Bertz CT molecular complexity index is 469. The zero-order chi connectivity index (χ0) is 14.8. The average Bonchev–Trinajstić information content (AvgIpc) is 3.01. The van der Waals surface area contributed by atoms with Gasteiger partial charge in [0.25, 0.3) is 0 Å². The Morgan fingerprint density at radius 1 is 1.70 bits per heavy atom. The summed E-state index contributed by atoms with van der Waals surface area (Å²) in [7, 11) is 1.44. The highest BCUT2D eigenvalue weighted by atomic mass is 35.5.